The van der Waals surface area contributed by atoms with Gasteiger partial charge >= 0.3 is 0 Å². The molecule has 0 aliphatic carbocycles. The Hall–Kier alpha value is -2.04. The highest BCUT2D eigenvalue weighted by atomic mass is 15.3. The minimum atomic E-state index is 0.865. The van der Waals surface area contributed by atoms with Gasteiger partial charge in [-0.3, -0.25) is 4.68 Å². The van der Waals surface area contributed by atoms with Gasteiger partial charge in [-0.1, -0.05) is 6.92 Å². The number of nitrogens with zero attached hydrogens (tertiary/aromatic N) is 3. The fraction of sp³-hybridized carbons (Fsp3) is 0.385. The summed E-state index contributed by atoms with van der Waals surface area (Å²) in [6.45, 7) is 5.02. The molecule has 18 heavy (non-hydrogen) atoms. The third kappa shape index (κ3) is 2.80. The third-order valence-electron chi connectivity index (χ3n) is 2.64. The van der Waals surface area contributed by atoms with Crippen LogP contribution in [0.2, 0.25) is 0 Å². The van der Waals surface area contributed by atoms with Crippen LogP contribution in [0.3, 0.4) is 0 Å². The molecule has 0 amide bonds. The molecular weight excluding hydrogens is 226 g/mol. The molecule has 0 atom stereocenters. The number of anilines is 3. The first kappa shape index (κ1) is 12.4. The molecule has 5 nitrogen and oxygen atoms in total. The van der Waals surface area contributed by atoms with Crippen molar-refractivity contribution in [3.63, 3.8) is 0 Å². The van der Waals surface area contributed by atoms with Gasteiger partial charge in [-0.15, -0.1) is 0 Å². The molecule has 0 aliphatic heterocycles. The van der Waals surface area contributed by atoms with Crippen molar-refractivity contribution in [1.82, 2.24) is 14.8 Å². The lowest BCUT2D eigenvalue weighted by Crippen LogP contribution is -2.00. The first-order valence-electron chi connectivity index (χ1n) is 6.22. The summed E-state index contributed by atoms with van der Waals surface area (Å²) in [6.07, 6.45) is 4.70. The first-order valence-corrected chi connectivity index (χ1v) is 6.22. The second-order valence-electron chi connectivity index (χ2n) is 4.10. The van der Waals surface area contributed by atoms with Gasteiger partial charge in [0.1, 0.15) is 5.82 Å². The van der Waals surface area contributed by atoms with Gasteiger partial charge in [-0.2, -0.15) is 5.10 Å². The van der Waals surface area contributed by atoms with E-state index in [-0.39, 0.29) is 0 Å². The first-order chi connectivity index (χ1) is 8.72. The van der Waals surface area contributed by atoms with Gasteiger partial charge in [-0.05, 0) is 19.4 Å². The maximum Gasteiger partial charge on any atom is 0.127 e. The second-order valence-corrected chi connectivity index (χ2v) is 4.10. The Balaban J connectivity index is 2.19. The van der Waals surface area contributed by atoms with E-state index in [1.54, 1.807) is 6.20 Å². The van der Waals surface area contributed by atoms with E-state index in [0.29, 0.717) is 0 Å². The van der Waals surface area contributed by atoms with Gasteiger partial charge in [0, 0.05) is 37.7 Å². The van der Waals surface area contributed by atoms with Crippen LogP contribution in [0, 0.1) is 0 Å². The Morgan fingerprint density at radius 2 is 2.17 bits per heavy atom. The van der Waals surface area contributed by atoms with Gasteiger partial charge < -0.3 is 10.6 Å². The minimum Gasteiger partial charge on any atom is -0.370 e. The molecular formula is C13H19N5. The van der Waals surface area contributed by atoms with Gasteiger partial charge in [0.15, 0.2) is 0 Å². The highest BCUT2D eigenvalue weighted by Crippen LogP contribution is 2.21. The second kappa shape index (κ2) is 5.53. The van der Waals surface area contributed by atoms with E-state index >= 15 is 0 Å². The molecule has 2 aromatic rings. The number of aromatic nitrogens is 3. The summed E-state index contributed by atoms with van der Waals surface area (Å²) in [6, 6.07) is 3.95. The molecule has 2 N–H and O–H groups in total. The molecule has 0 bridgehead atoms. The van der Waals surface area contributed by atoms with Crippen LogP contribution in [0.4, 0.5) is 17.2 Å². The monoisotopic (exact) mass is 245 g/mol. The molecule has 0 radical (unpaired) electrons. The molecule has 2 heterocycles. The highest BCUT2D eigenvalue weighted by Gasteiger charge is 2.06. The lowest BCUT2D eigenvalue weighted by Gasteiger charge is -2.07. The lowest BCUT2D eigenvalue weighted by atomic mass is 10.3. The smallest absolute Gasteiger partial charge is 0.127 e. The van der Waals surface area contributed by atoms with Crippen LogP contribution in [-0.4, -0.2) is 21.3 Å². The van der Waals surface area contributed by atoms with Crippen LogP contribution < -0.4 is 10.6 Å². The molecule has 0 fully saturated rings. The summed E-state index contributed by atoms with van der Waals surface area (Å²) < 4.78 is 1.83. The summed E-state index contributed by atoms with van der Waals surface area (Å²) in [5, 5.41) is 11.0. The predicted molar refractivity (Wildman–Crippen MR) is 74.3 cm³/mol. The van der Waals surface area contributed by atoms with E-state index in [4.69, 9.17) is 0 Å². The average molecular weight is 245 g/mol. The van der Waals surface area contributed by atoms with E-state index in [2.05, 4.69) is 34.6 Å². The number of hydrogen-bond acceptors (Lipinski definition) is 4. The fourth-order valence-corrected chi connectivity index (χ4v) is 1.84. The Kier molecular flexibility index (Phi) is 3.82. The topological polar surface area (TPSA) is 54.8 Å². The summed E-state index contributed by atoms with van der Waals surface area (Å²) in [7, 11) is 1.93. The van der Waals surface area contributed by atoms with Crippen LogP contribution in [0.15, 0.2) is 24.5 Å². The Morgan fingerprint density at radius 1 is 1.33 bits per heavy atom. The Labute approximate surface area is 107 Å². The van der Waals surface area contributed by atoms with Crippen LogP contribution in [-0.2, 0) is 13.5 Å². The molecule has 5 heteroatoms. The maximum atomic E-state index is 4.41. The zero-order valence-corrected chi connectivity index (χ0v) is 11.1. The number of aryl methyl sites for hydroxylation is 2. The van der Waals surface area contributed by atoms with E-state index in [1.165, 1.54) is 0 Å². The Bertz CT molecular complexity index is 518. The van der Waals surface area contributed by atoms with Crippen LogP contribution in [0.1, 0.15) is 19.5 Å². The van der Waals surface area contributed by atoms with E-state index in [0.717, 1.165) is 35.9 Å². The van der Waals surface area contributed by atoms with Crippen molar-refractivity contribution in [1.29, 1.82) is 0 Å². The van der Waals surface area contributed by atoms with Crippen molar-refractivity contribution in [2.45, 2.75) is 20.3 Å². The van der Waals surface area contributed by atoms with Gasteiger partial charge in [0.25, 0.3) is 0 Å². The van der Waals surface area contributed by atoms with Crippen LogP contribution in [0.5, 0.6) is 0 Å². The average Bonchev–Trinajstić information content (AvgIpc) is 2.70. The van der Waals surface area contributed by atoms with E-state index in [9.17, 15) is 0 Å². The Morgan fingerprint density at radius 3 is 2.89 bits per heavy atom. The molecule has 96 valence electrons. The predicted octanol–water partition coefficient (Wildman–Crippen LogP) is 2.55. The van der Waals surface area contributed by atoms with Crippen molar-refractivity contribution in [3.8, 4) is 0 Å². The molecule has 0 aromatic carbocycles. The van der Waals surface area contributed by atoms with Crippen molar-refractivity contribution in [2.24, 2.45) is 7.05 Å². The molecule has 2 rings (SSSR count). The zero-order chi connectivity index (χ0) is 13.0. The summed E-state index contributed by atoms with van der Waals surface area (Å²) in [5.41, 5.74) is 3.14. The third-order valence-corrected chi connectivity index (χ3v) is 2.64. The normalized spacial score (nSPS) is 10.4. The lowest BCUT2D eigenvalue weighted by molar-refractivity contribution is 0.746. The maximum absolute atomic E-state index is 4.41. The zero-order valence-electron chi connectivity index (χ0n) is 11.1. The molecule has 0 spiro atoms. The standard InChI is InChI=1S/C13H19N5/c1-4-11-12(9-18(3)17-11)16-10-6-7-15-13(8-10)14-5-2/h6-9H,4-5H2,1-3H3,(H2,14,15,16). The SMILES string of the molecule is CCNc1cc(Nc2cn(C)nc2CC)ccn1. The van der Waals surface area contributed by atoms with Crippen molar-refractivity contribution >= 4 is 17.2 Å². The number of nitrogens with one attached hydrogen (secondary N) is 2. The van der Waals surface area contributed by atoms with Crippen molar-refractivity contribution in [2.75, 3.05) is 17.2 Å². The van der Waals surface area contributed by atoms with Crippen molar-refractivity contribution < 1.29 is 0 Å². The summed E-state index contributed by atoms with van der Waals surface area (Å²) in [5.74, 6) is 0.879. The van der Waals surface area contributed by atoms with Gasteiger partial charge in [0.05, 0.1) is 11.4 Å². The summed E-state index contributed by atoms with van der Waals surface area (Å²) in [4.78, 5) is 4.25. The van der Waals surface area contributed by atoms with Crippen LogP contribution in [0.25, 0.3) is 0 Å². The van der Waals surface area contributed by atoms with E-state index < -0.39 is 0 Å². The summed E-state index contributed by atoms with van der Waals surface area (Å²) >= 11 is 0. The highest BCUT2D eigenvalue weighted by molar-refractivity contribution is 5.63. The minimum absolute atomic E-state index is 0.865. The molecule has 0 unspecified atom stereocenters. The van der Waals surface area contributed by atoms with Gasteiger partial charge in [0.2, 0.25) is 0 Å². The molecule has 0 saturated carbocycles. The van der Waals surface area contributed by atoms with E-state index in [1.807, 2.05) is 30.1 Å². The number of rotatable bonds is 5. The largest absolute Gasteiger partial charge is 0.370 e. The molecule has 0 aliphatic rings. The fourth-order valence-electron chi connectivity index (χ4n) is 1.84. The van der Waals surface area contributed by atoms with Gasteiger partial charge in [-0.25, -0.2) is 4.98 Å². The molecule has 0 saturated heterocycles. The van der Waals surface area contributed by atoms with Crippen LogP contribution >= 0.6 is 0 Å². The number of pyridine rings is 1. The quantitative estimate of drug-likeness (QED) is 0.850. The van der Waals surface area contributed by atoms with Crippen molar-refractivity contribution in [3.05, 3.63) is 30.2 Å². The molecule has 2 aromatic heterocycles. The number of hydrogen-bond donors (Lipinski definition) is 2.